The van der Waals surface area contributed by atoms with Crippen molar-refractivity contribution in [3.05, 3.63) is 53.2 Å². The number of rotatable bonds is 4. The maximum atomic E-state index is 11.9. The van der Waals surface area contributed by atoms with E-state index in [1.54, 1.807) is 13.8 Å². The van der Waals surface area contributed by atoms with E-state index in [0.717, 1.165) is 11.1 Å². The second kappa shape index (κ2) is 6.04. The van der Waals surface area contributed by atoms with Gasteiger partial charge in [0, 0.05) is 11.6 Å². The smallest absolute Gasteiger partial charge is 0.377 e. The lowest BCUT2D eigenvalue weighted by atomic mass is 10.1. The van der Waals surface area contributed by atoms with Gasteiger partial charge in [-0.2, -0.15) is 0 Å². The van der Waals surface area contributed by atoms with E-state index in [0.29, 0.717) is 11.6 Å². The molecule has 118 valence electrons. The van der Waals surface area contributed by atoms with Gasteiger partial charge < -0.3 is 13.7 Å². The molecule has 0 aliphatic rings. The topological polar surface area (TPSA) is 91.2 Å². The van der Waals surface area contributed by atoms with Crippen LogP contribution < -0.4 is 0 Å². The van der Waals surface area contributed by atoms with Crippen LogP contribution in [-0.2, 0) is 4.74 Å². The lowest BCUT2D eigenvalue weighted by molar-refractivity contribution is 0.0235. The lowest BCUT2D eigenvalue weighted by Crippen LogP contribution is -2.08. The number of esters is 1. The van der Waals surface area contributed by atoms with Crippen LogP contribution in [0.15, 0.2) is 39.3 Å². The highest BCUT2D eigenvalue weighted by molar-refractivity contribution is 5.86. The Labute approximate surface area is 132 Å². The molecule has 0 aliphatic heterocycles. The Morgan fingerprint density at radius 1 is 1.17 bits per heavy atom. The number of ether oxygens (including phenoxy) is 1. The van der Waals surface area contributed by atoms with Crippen LogP contribution >= 0.6 is 0 Å². The first kappa shape index (κ1) is 15.0. The van der Waals surface area contributed by atoms with Gasteiger partial charge in [-0.05, 0) is 32.9 Å². The molecule has 0 unspecified atom stereocenters. The minimum atomic E-state index is -0.695. The molecular formula is C16H15N3O4. The second-order valence-electron chi connectivity index (χ2n) is 5.19. The molecule has 2 aromatic heterocycles. The Hall–Kier alpha value is -2.96. The minimum absolute atomic E-state index is 0.0348. The molecule has 0 fully saturated rings. The number of nitrogens with zero attached hydrogens (tertiary/aromatic N) is 3. The lowest BCUT2D eigenvalue weighted by Gasteiger charge is -2.06. The summed E-state index contributed by atoms with van der Waals surface area (Å²) in [5.41, 5.74) is 2.54. The van der Waals surface area contributed by atoms with Crippen LogP contribution in [0.5, 0.6) is 0 Å². The van der Waals surface area contributed by atoms with Crippen LogP contribution in [0.3, 0.4) is 0 Å². The van der Waals surface area contributed by atoms with Crippen LogP contribution in [0.2, 0.25) is 0 Å². The van der Waals surface area contributed by atoms with Crippen molar-refractivity contribution in [1.82, 2.24) is 15.4 Å². The zero-order valence-electron chi connectivity index (χ0n) is 12.9. The molecule has 0 saturated carbocycles. The summed E-state index contributed by atoms with van der Waals surface area (Å²) in [5, 5.41) is 11.5. The first-order valence-corrected chi connectivity index (χ1v) is 7.07. The summed E-state index contributed by atoms with van der Waals surface area (Å²) in [6.07, 6.45) is -0.695. The zero-order valence-corrected chi connectivity index (χ0v) is 12.9. The molecule has 0 amide bonds. The highest BCUT2D eigenvalue weighted by Gasteiger charge is 2.22. The molecule has 2 heterocycles. The summed E-state index contributed by atoms with van der Waals surface area (Å²) in [5.74, 6) is -0.00983. The van der Waals surface area contributed by atoms with Gasteiger partial charge in [-0.25, -0.2) is 4.79 Å². The fraction of sp³-hybridized carbons (Fsp3) is 0.250. The molecule has 1 aromatic carbocycles. The molecule has 7 heteroatoms. The molecule has 0 spiro atoms. The van der Waals surface area contributed by atoms with Crippen LogP contribution in [0, 0.1) is 13.8 Å². The number of carbonyl (C=O) groups is 1. The van der Waals surface area contributed by atoms with Crippen molar-refractivity contribution in [2.24, 2.45) is 0 Å². The Balaban J connectivity index is 1.72. The predicted octanol–water partition coefficient (Wildman–Crippen LogP) is 3.26. The Bertz CT molecular complexity index is 820. The molecule has 7 nitrogen and oxygen atoms in total. The van der Waals surface area contributed by atoms with Gasteiger partial charge in [0.25, 0.3) is 5.89 Å². The van der Waals surface area contributed by atoms with Crippen LogP contribution in [0.4, 0.5) is 0 Å². The predicted molar refractivity (Wildman–Crippen MR) is 79.5 cm³/mol. The van der Waals surface area contributed by atoms with Crippen molar-refractivity contribution >= 4 is 5.97 Å². The summed E-state index contributed by atoms with van der Waals surface area (Å²) >= 11 is 0. The number of aromatic nitrogens is 3. The van der Waals surface area contributed by atoms with Gasteiger partial charge in [0.15, 0.2) is 6.10 Å². The standard InChI is InChI=1S/C16H15N3O4/c1-9-4-6-12(7-5-9)15-18-17-14(22-15)11(3)21-16(20)13-8-10(2)19-23-13/h4-8,11H,1-3H3/t11-/m1/s1. The van der Waals surface area contributed by atoms with E-state index in [2.05, 4.69) is 15.4 Å². The van der Waals surface area contributed by atoms with E-state index in [4.69, 9.17) is 13.7 Å². The first-order chi connectivity index (χ1) is 11.0. The van der Waals surface area contributed by atoms with E-state index in [1.807, 2.05) is 31.2 Å². The summed E-state index contributed by atoms with van der Waals surface area (Å²) in [6.45, 7) is 5.36. The molecule has 0 N–H and O–H groups in total. The van der Waals surface area contributed by atoms with Gasteiger partial charge in [-0.15, -0.1) is 10.2 Å². The quantitative estimate of drug-likeness (QED) is 0.683. The molecular weight excluding hydrogens is 298 g/mol. The number of hydrogen-bond acceptors (Lipinski definition) is 7. The summed E-state index contributed by atoms with van der Waals surface area (Å²) < 4.78 is 15.7. The first-order valence-electron chi connectivity index (χ1n) is 7.07. The normalized spacial score (nSPS) is 12.1. The third-order valence-corrected chi connectivity index (χ3v) is 3.20. The van der Waals surface area contributed by atoms with Crippen molar-refractivity contribution in [2.75, 3.05) is 0 Å². The Morgan fingerprint density at radius 3 is 2.57 bits per heavy atom. The van der Waals surface area contributed by atoms with Gasteiger partial charge in [-0.3, -0.25) is 0 Å². The van der Waals surface area contributed by atoms with E-state index < -0.39 is 12.1 Å². The van der Waals surface area contributed by atoms with Gasteiger partial charge in [-0.1, -0.05) is 22.9 Å². The highest BCUT2D eigenvalue weighted by atomic mass is 16.6. The fourth-order valence-corrected chi connectivity index (χ4v) is 1.94. The molecule has 0 radical (unpaired) electrons. The SMILES string of the molecule is Cc1ccc(-c2nnc([C@@H](C)OC(=O)c3cc(C)no3)o2)cc1. The monoisotopic (exact) mass is 313 g/mol. The van der Waals surface area contributed by atoms with Crippen molar-refractivity contribution in [2.45, 2.75) is 26.9 Å². The molecule has 0 aliphatic carbocycles. The summed E-state index contributed by atoms with van der Waals surface area (Å²) in [4.78, 5) is 11.9. The van der Waals surface area contributed by atoms with E-state index >= 15 is 0 Å². The van der Waals surface area contributed by atoms with Crippen molar-refractivity contribution < 1.29 is 18.5 Å². The summed E-state index contributed by atoms with van der Waals surface area (Å²) in [6, 6.07) is 9.19. The van der Waals surface area contributed by atoms with Crippen LogP contribution in [0.1, 0.15) is 40.7 Å². The Morgan fingerprint density at radius 2 is 1.91 bits per heavy atom. The number of benzene rings is 1. The summed E-state index contributed by atoms with van der Waals surface area (Å²) in [7, 11) is 0. The minimum Gasteiger partial charge on any atom is -0.447 e. The van der Waals surface area contributed by atoms with Crippen molar-refractivity contribution in [3.63, 3.8) is 0 Å². The Kier molecular flexibility index (Phi) is 3.92. The van der Waals surface area contributed by atoms with Gasteiger partial charge in [0.05, 0.1) is 5.69 Å². The van der Waals surface area contributed by atoms with Gasteiger partial charge >= 0.3 is 5.97 Å². The molecule has 3 aromatic rings. The molecule has 23 heavy (non-hydrogen) atoms. The number of hydrogen-bond donors (Lipinski definition) is 0. The van der Waals surface area contributed by atoms with E-state index in [1.165, 1.54) is 6.07 Å². The second-order valence-corrected chi connectivity index (χ2v) is 5.19. The molecule has 1 atom stereocenters. The van der Waals surface area contributed by atoms with Gasteiger partial charge in [0.1, 0.15) is 0 Å². The highest BCUT2D eigenvalue weighted by Crippen LogP contribution is 2.23. The van der Waals surface area contributed by atoms with Gasteiger partial charge in [0.2, 0.25) is 11.7 Å². The van der Waals surface area contributed by atoms with Crippen LogP contribution in [-0.4, -0.2) is 21.3 Å². The number of aryl methyl sites for hydroxylation is 2. The average Bonchev–Trinajstić information content (AvgIpc) is 3.17. The third kappa shape index (κ3) is 3.28. The van der Waals surface area contributed by atoms with Crippen molar-refractivity contribution in [1.29, 1.82) is 0 Å². The molecule has 3 rings (SSSR count). The number of carbonyl (C=O) groups excluding carboxylic acids is 1. The zero-order chi connectivity index (χ0) is 16.4. The van der Waals surface area contributed by atoms with E-state index in [9.17, 15) is 4.79 Å². The van der Waals surface area contributed by atoms with E-state index in [-0.39, 0.29) is 11.7 Å². The maximum Gasteiger partial charge on any atom is 0.377 e. The van der Waals surface area contributed by atoms with Crippen molar-refractivity contribution in [3.8, 4) is 11.5 Å². The van der Waals surface area contributed by atoms with Crippen LogP contribution in [0.25, 0.3) is 11.5 Å². The third-order valence-electron chi connectivity index (χ3n) is 3.20. The fourth-order valence-electron chi connectivity index (χ4n) is 1.94. The molecule has 0 bridgehead atoms. The average molecular weight is 313 g/mol. The largest absolute Gasteiger partial charge is 0.447 e. The maximum absolute atomic E-state index is 11.9. The molecule has 0 saturated heterocycles.